The van der Waals surface area contributed by atoms with Crippen molar-refractivity contribution >= 4 is 42.6 Å². The largest absolute Gasteiger partial charge is 0.494 e. The molecule has 0 N–H and O–H groups in total. The van der Waals surface area contributed by atoms with Crippen molar-refractivity contribution in [2.75, 3.05) is 24.6 Å². The molecule has 4 aromatic rings. The summed E-state index contributed by atoms with van der Waals surface area (Å²) in [6.07, 6.45) is 2.62. The Hall–Kier alpha value is -3.28. The van der Waals surface area contributed by atoms with E-state index in [4.69, 9.17) is 14.1 Å². The lowest BCUT2D eigenvalue weighted by Gasteiger charge is -2.33. The minimum absolute atomic E-state index is 0.00529. The Kier molecular flexibility index (Phi) is 7.27. The van der Waals surface area contributed by atoms with Gasteiger partial charge in [-0.2, -0.15) is 4.31 Å². The van der Waals surface area contributed by atoms with Gasteiger partial charge in [-0.25, -0.2) is 17.8 Å². The second-order valence-electron chi connectivity index (χ2n) is 8.72. The topological polar surface area (TPSA) is 92.9 Å². The van der Waals surface area contributed by atoms with E-state index in [1.807, 2.05) is 25.1 Å². The van der Waals surface area contributed by atoms with Crippen LogP contribution in [0.2, 0.25) is 0 Å². The van der Waals surface area contributed by atoms with E-state index in [9.17, 15) is 17.6 Å². The number of sulfonamides is 1. The molecule has 1 fully saturated rings. The van der Waals surface area contributed by atoms with E-state index in [0.29, 0.717) is 36.9 Å². The maximum Gasteiger partial charge on any atom is 0.243 e. The number of thiazole rings is 1. The van der Waals surface area contributed by atoms with Crippen LogP contribution >= 0.6 is 11.3 Å². The van der Waals surface area contributed by atoms with Crippen LogP contribution in [0.3, 0.4) is 0 Å². The summed E-state index contributed by atoms with van der Waals surface area (Å²) in [5, 5.41) is 0.503. The Morgan fingerprint density at radius 3 is 2.78 bits per heavy atom. The number of hydrogen-bond acceptors (Lipinski definition) is 7. The molecule has 2 aromatic heterocycles. The molecule has 2 aromatic carbocycles. The van der Waals surface area contributed by atoms with Gasteiger partial charge in [0.15, 0.2) is 5.13 Å². The van der Waals surface area contributed by atoms with E-state index < -0.39 is 21.8 Å². The first-order valence-electron chi connectivity index (χ1n) is 12.0. The molecule has 3 heterocycles. The monoisotopic (exact) mass is 543 g/mol. The molecule has 1 unspecified atom stereocenters. The highest BCUT2D eigenvalue weighted by Gasteiger charge is 2.36. The predicted molar refractivity (Wildman–Crippen MR) is 139 cm³/mol. The van der Waals surface area contributed by atoms with Crippen LogP contribution in [-0.2, 0) is 21.4 Å². The van der Waals surface area contributed by atoms with E-state index in [2.05, 4.69) is 0 Å². The number of amides is 1. The van der Waals surface area contributed by atoms with Crippen LogP contribution in [-0.4, -0.2) is 43.3 Å². The number of piperidine rings is 1. The summed E-state index contributed by atoms with van der Waals surface area (Å²) in [6, 6.07) is 13.9. The standard InChI is InChI=1S/C26H26FN3O5S2/c1-2-34-20-9-12-23-24(15-20)36-26(28-23)30(17-21-6-4-14-35-21)25(31)18-5-3-13-29(16-18)37(32,33)22-10-7-19(27)8-11-22/h4,6-12,14-15,18H,2-3,5,13,16-17H2,1H3. The number of anilines is 1. The third-order valence-corrected chi connectivity index (χ3v) is 9.16. The highest BCUT2D eigenvalue weighted by Crippen LogP contribution is 2.34. The summed E-state index contributed by atoms with van der Waals surface area (Å²) in [7, 11) is -3.87. The van der Waals surface area contributed by atoms with Crippen LogP contribution in [0.4, 0.5) is 9.52 Å². The summed E-state index contributed by atoms with van der Waals surface area (Å²) in [5.41, 5.74) is 0.741. The third-order valence-electron chi connectivity index (χ3n) is 6.24. The van der Waals surface area contributed by atoms with E-state index in [1.165, 1.54) is 27.8 Å². The fraction of sp³-hybridized carbons (Fsp3) is 0.308. The molecule has 0 spiro atoms. The molecule has 5 rings (SSSR count). The maximum atomic E-state index is 13.9. The zero-order valence-electron chi connectivity index (χ0n) is 20.2. The SMILES string of the molecule is CCOc1ccc2nc(N(Cc3ccco3)C(=O)C3CCCN(S(=O)(=O)c4ccc(F)cc4)C3)sc2c1. The van der Waals surface area contributed by atoms with Crippen molar-refractivity contribution in [1.82, 2.24) is 9.29 Å². The Balaban J connectivity index is 1.43. The van der Waals surface area contributed by atoms with Gasteiger partial charge >= 0.3 is 0 Å². The lowest BCUT2D eigenvalue weighted by Crippen LogP contribution is -2.46. The van der Waals surface area contributed by atoms with Gasteiger partial charge in [-0.05, 0) is 74.4 Å². The van der Waals surface area contributed by atoms with E-state index >= 15 is 0 Å². The fourth-order valence-electron chi connectivity index (χ4n) is 4.40. The van der Waals surface area contributed by atoms with Crippen LogP contribution in [0.1, 0.15) is 25.5 Å². The number of aromatic nitrogens is 1. The van der Waals surface area contributed by atoms with Crippen LogP contribution in [0.25, 0.3) is 10.2 Å². The number of carbonyl (C=O) groups is 1. The maximum absolute atomic E-state index is 13.9. The van der Waals surface area contributed by atoms with E-state index in [1.54, 1.807) is 23.3 Å². The van der Waals surface area contributed by atoms with Crippen molar-refractivity contribution in [2.45, 2.75) is 31.2 Å². The number of benzene rings is 2. The quantitative estimate of drug-likeness (QED) is 0.308. The molecule has 194 valence electrons. The van der Waals surface area contributed by atoms with Crippen molar-refractivity contribution in [3.8, 4) is 5.75 Å². The molecule has 37 heavy (non-hydrogen) atoms. The van der Waals surface area contributed by atoms with Gasteiger partial charge < -0.3 is 9.15 Å². The lowest BCUT2D eigenvalue weighted by atomic mass is 9.98. The summed E-state index contributed by atoms with van der Waals surface area (Å²) in [6.45, 7) is 2.95. The zero-order valence-corrected chi connectivity index (χ0v) is 21.8. The predicted octanol–water partition coefficient (Wildman–Crippen LogP) is 5.06. The number of hydrogen-bond donors (Lipinski definition) is 0. The minimum atomic E-state index is -3.87. The van der Waals surface area contributed by atoms with Gasteiger partial charge in [0, 0.05) is 13.1 Å². The number of furan rings is 1. The fourth-order valence-corrected chi connectivity index (χ4v) is 6.92. The summed E-state index contributed by atoms with van der Waals surface area (Å²) < 4.78 is 53.1. The molecular weight excluding hydrogens is 517 g/mol. The molecule has 1 amide bonds. The first kappa shape index (κ1) is 25.4. The number of nitrogens with zero attached hydrogens (tertiary/aromatic N) is 3. The van der Waals surface area contributed by atoms with Crippen molar-refractivity contribution in [3.63, 3.8) is 0 Å². The Bertz CT molecular complexity index is 1490. The summed E-state index contributed by atoms with van der Waals surface area (Å²) in [5.74, 6) is 0.0186. The van der Waals surface area contributed by atoms with Gasteiger partial charge in [0.1, 0.15) is 17.3 Å². The van der Waals surface area contributed by atoms with Gasteiger partial charge in [-0.15, -0.1) is 0 Å². The molecule has 0 aliphatic carbocycles. The number of carbonyl (C=O) groups excluding carboxylic acids is 1. The van der Waals surface area contributed by atoms with Crippen molar-refractivity contribution in [1.29, 1.82) is 0 Å². The van der Waals surface area contributed by atoms with E-state index in [0.717, 1.165) is 28.1 Å². The number of fused-ring (bicyclic) bond motifs is 1. The van der Waals surface area contributed by atoms with Crippen molar-refractivity contribution in [2.24, 2.45) is 5.92 Å². The van der Waals surface area contributed by atoms with Gasteiger partial charge in [0.2, 0.25) is 15.9 Å². The second-order valence-corrected chi connectivity index (χ2v) is 11.7. The number of halogens is 1. The van der Waals surface area contributed by atoms with Gasteiger partial charge in [-0.3, -0.25) is 9.69 Å². The Labute approximate surface area is 218 Å². The lowest BCUT2D eigenvalue weighted by molar-refractivity contribution is -0.123. The number of rotatable bonds is 8. The Morgan fingerprint density at radius 1 is 1.24 bits per heavy atom. The molecule has 1 aliphatic heterocycles. The molecule has 0 saturated carbocycles. The van der Waals surface area contributed by atoms with Crippen molar-refractivity contribution in [3.05, 3.63) is 72.4 Å². The molecule has 1 saturated heterocycles. The van der Waals surface area contributed by atoms with Gasteiger partial charge in [0.05, 0.1) is 40.4 Å². The normalized spacial score (nSPS) is 16.6. The van der Waals surface area contributed by atoms with Crippen LogP contribution < -0.4 is 9.64 Å². The average molecular weight is 544 g/mol. The molecule has 0 radical (unpaired) electrons. The molecule has 0 bridgehead atoms. The van der Waals surface area contributed by atoms with Crippen LogP contribution in [0.15, 0.2) is 70.2 Å². The molecule has 11 heteroatoms. The number of ether oxygens (including phenoxy) is 1. The van der Waals surface area contributed by atoms with E-state index in [-0.39, 0.29) is 23.9 Å². The molecule has 1 atom stereocenters. The van der Waals surface area contributed by atoms with Gasteiger partial charge in [-0.1, -0.05) is 11.3 Å². The van der Waals surface area contributed by atoms with Gasteiger partial charge in [0.25, 0.3) is 0 Å². The molecule has 8 nitrogen and oxygen atoms in total. The minimum Gasteiger partial charge on any atom is -0.494 e. The summed E-state index contributed by atoms with van der Waals surface area (Å²) >= 11 is 1.37. The average Bonchev–Trinajstić information content (AvgIpc) is 3.57. The first-order valence-corrected chi connectivity index (χ1v) is 14.2. The first-order chi connectivity index (χ1) is 17.8. The smallest absolute Gasteiger partial charge is 0.243 e. The highest BCUT2D eigenvalue weighted by molar-refractivity contribution is 7.89. The zero-order chi connectivity index (χ0) is 26.0. The van der Waals surface area contributed by atoms with Crippen LogP contribution in [0, 0.1) is 11.7 Å². The Morgan fingerprint density at radius 2 is 2.05 bits per heavy atom. The van der Waals surface area contributed by atoms with Crippen LogP contribution in [0.5, 0.6) is 5.75 Å². The second kappa shape index (κ2) is 10.6. The third kappa shape index (κ3) is 5.39. The van der Waals surface area contributed by atoms with Crippen molar-refractivity contribution < 1.29 is 26.8 Å². The summed E-state index contributed by atoms with van der Waals surface area (Å²) in [4.78, 5) is 20.2. The molecular formula is C26H26FN3O5S2. The highest BCUT2D eigenvalue weighted by atomic mass is 32.2. The molecule has 1 aliphatic rings.